The van der Waals surface area contributed by atoms with Gasteiger partial charge in [-0.3, -0.25) is 4.79 Å². The van der Waals surface area contributed by atoms with Crippen LogP contribution in [0, 0.1) is 6.92 Å². The maximum atomic E-state index is 12.6. The second-order valence-electron chi connectivity index (χ2n) is 7.93. The zero-order chi connectivity index (χ0) is 21.5. The molecule has 3 amide bonds. The van der Waals surface area contributed by atoms with Gasteiger partial charge in [0.25, 0.3) is 5.91 Å². The van der Waals surface area contributed by atoms with Crippen molar-refractivity contribution in [2.75, 3.05) is 4.90 Å². The lowest BCUT2D eigenvalue weighted by molar-refractivity contribution is 0.0951. The maximum absolute atomic E-state index is 12.6. The number of anilines is 2. The van der Waals surface area contributed by atoms with Gasteiger partial charge in [0, 0.05) is 35.5 Å². The van der Waals surface area contributed by atoms with E-state index in [1.807, 2.05) is 43.3 Å². The van der Waals surface area contributed by atoms with Crippen molar-refractivity contribution in [3.63, 3.8) is 0 Å². The van der Waals surface area contributed by atoms with Crippen LogP contribution in [0.15, 0.2) is 54.7 Å². The van der Waals surface area contributed by atoms with Crippen LogP contribution in [0.25, 0.3) is 11.1 Å². The Hall–Kier alpha value is -3.38. The van der Waals surface area contributed by atoms with E-state index in [4.69, 9.17) is 11.6 Å². The molecule has 0 unspecified atom stereocenters. The third kappa shape index (κ3) is 3.75. The molecule has 0 radical (unpaired) electrons. The molecule has 2 aromatic carbocycles. The lowest BCUT2D eigenvalue weighted by atomic mass is 9.97. The largest absolute Gasteiger partial charge is 0.349 e. The highest BCUT2D eigenvalue weighted by Gasteiger charge is 2.29. The summed E-state index contributed by atoms with van der Waals surface area (Å²) in [5.74, 6) is 0.507. The molecule has 156 valence electrons. The van der Waals surface area contributed by atoms with Crippen LogP contribution < -0.4 is 15.5 Å². The number of nitrogens with one attached hydrogen (secondary N) is 2. The first-order valence-electron chi connectivity index (χ1n) is 10.2. The van der Waals surface area contributed by atoms with E-state index in [1.54, 1.807) is 18.3 Å². The number of hydrogen-bond acceptors (Lipinski definition) is 3. The van der Waals surface area contributed by atoms with Gasteiger partial charge in [-0.25, -0.2) is 14.7 Å². The fraction of sp³-hybridized carbons (Fsp3) is 0.208. The van der Waals surface area contributed by atoms with Crippen molar-refractivity contribution >= 4 is 35.0 Å². The van der Waals surface area contributed by atoms with Gasteiger partial charge in [-0.1, -0.05) is 29.8 Å². The molecule has 0 saturated heterocycles. The van der Waals surface area contributed by atoms with Gasteiger partial charge in [0.2, 0.25) is 0 Å². The molecule has 2 heterocycles. The average molecular weight is 433 g/mol. The number of pyridine rings is 1. The number of aromatic nitrogens is 1. The number of aryl methyl sites for hydroxylation is 1. The molecule has 1 fully saturated rings. The summed E-state index contributed by atoms with van der Waals surface area (Å²) in [7, 11) is 0. The topological polar surface area (TPSA) is 74.3 Å². The highest BCUT2D eigenvalue weighted by molar-refractivity contribution is 6.34. The Kier molecular flexibility index (Phi) is 4.87. The third-order valence-electron chi connectivity index (χ3n) is 5.60. The lowest BCUT2D eigenvalue weighted by Crippen LogP contribution is -2.41. The minimum absolute atomic E-state index is 0.0492. The van der Waals surface area contributed by atoms with Crippen molar-refractivity contribution in [2.24, 2.45) is 0 Å². The summed E-state index contributed by atoms with van der Waals surface area (Å²) in [5.41, 5.74) is 4.98. The standard InChI is InChI=1S/C24H21ClN4O2/c1-14-6-7-15(23(30)28-18-8-9-18)11-19(14)16-10-17-13-27-24(31)29(22(17)26-12-16)21-5-3-2-4-20(21)25/h2-7,10-12,18H,8-9,13H2,1H3,(H,27,31)(H,28,30). The summed E-state index contributed by atoms with van der Waals surface area (Å²) in [6.07, 6.45) is 3.84. The molecule has 5 rings (SSSR count). The predicted molar refractivity (Wildman–Crippen MR) is 121 cm³/mol. The summed E-state index contributed by atoms with van der Waals surface area (Å²) in [6.45, 7) is 2.38. The Morgan fingerprint density at radius 1 is 1.19 bits per heavy atom. The summed E-state index contributed by atoms with van der Waals surface area (Å²) in [6, 6.07) is 14.9. The van der Waals surface area contributed by atoms with E-state index in [0.29, 0.717) is 34.7 Å². The van der Waals surface area contributed by atoms with Gasteiger partial charge < -0.3 is 10.6 Å². The van der Waals surface area contributed by atoms with Crippen molar-refractivity contribution in [2.45, 2.75) is 32.4 Å². The van der Waals surface area contributed by atoms with Gasteiger partial charge in [0.15, 0.2) is 0 Å². The Balaban J connectivity index is 1.53. The van der Waals surface area contributed by atoms with Crippen LogP contribution in [0.2, 0.25) is 5.02 Å². The third-order valence-corrected chi connectivity index (χ3v) is 5.92. The molecule has 2 N–H and O–H groups in total. The van der Waals surface area contributed by atoms with E-state index in [9.17, 15) is 9.59 Å². The van der Waals surface area contributed by atoms with Crippen molar-refractivity contribution < 1.29 is 9.59 Å². The van der Waals surface area contributed by atoms with Crippen LogP contribution in [0.3, 0.4) is 0 Å². The van der Waals surface area contributed by atoms with E-state index in [2.05, 4.69) is 15.6 Å². The molecule has 1 aromatic heterocycles. The Morgan fingerprint density at radius 2 is 2.00 bits per heavy atom. The lowest BCUT2D eigenvalue weighted by Gasteiger charge is -2.29. The van der Waals surface area contributed by atoms with Crippen LogP contribution in [-0.2, 0) is 6.54 Å². The van der Waals surface area contributed by atoms with Crippen LogP contribution in [0.5, 0.6) is 0 Å². The smallest absolute Gasteiger partial charge is 0.328 e. The molecule has 0 bridgehead atoms. The molecule has 3 aromatic rings. The molecule has 0 atom stereocenters. The van der Waals surface area contributed by atoms with Crippen molar-refractivity contribution in [1.29, 1.82) is 0 Å². The number of carbonyl (C=O) groups is 2. The number of amides is 3. The SMILES string of the molecule is Cc1ccc(C(=O)NC2CC2)cc1-c1cnc2c(c1)CNC(=O)N2c1ccccc1Cl. The second kappa shape index (κ2) is 7.71. The first-order valence-corrected chi connectivity index (χ1v) is 10.6. The van der Waals surface area contributed by atoms with Gasteiger partial charge in [-0.05, 0) is 61.2 Å². The second-order valence-corrected chi connectivity index (χ2v) is 8.34. The van der Waals surface area contributed by atoms with Crippen LogP contribution in [0.1, 0.15) is 34.3 Å². The number of fused-ring (bicyclic) bond motifs is 1. The van der Waals surface area contributed by atoms with E-state index in [1.165, 1.54) is 4.90 Å². The number of rotatable bonds is 4. The van der Waals surface area contributed by atoms with Crippen LogP contribution >= 0.6 is 11.6 Å². The minimum atomic E-state index is -0.268. The van der Waals surface area contributed by atoms with Gasteiger partial charge in [0.05, 0.1) is 10.7 Å². The molecule has 6 nitrogen and oxygen atoms in total. The number of hydrogen-bond donors (Lipinski definition) is 2. The molecule has 1 aliphatic carbocycles. The number of para-hydroxylation sites is 1. The van der Waals surface area contributed by atoms with Crippen LogP contribution in [-0.4, -0.2) is 23.0 Å². The van der Waals surface area contributed by atoms with Gasteiger partial charge in [-0.15, -0.1) is 0 Å². The van der Waals surface area contributed by atoms with Crippen molar-refractivity contribution in [3.05, 3.63) is 76.4 Å². The fourth-order valence-electron chi connectivity index (χ4n) is 3.76. The molecule has 0 spiro atoms. The van der Waals surface area contributed by atoms with Crippen molar-refractivity contribution in [3.8, 4) is 11.1 Å². The summed E-state index contributed by atoms with van der Waals surface area (Å²) < 4.78 is 0. The number of carbonyl (C=O) groups excluding carboxylic acids is 2. The highest BCUT2D eigenvalue weighted by atomic mass is 35.5. The van der Waals surface area contributed by atoms with E-state index < -0.39 is 0 Å². The summed E-state index contributed by atoms with van der Waals surface area (Å²) in [5, 5.41) is 6.39. The zero-order valence-corrected chi connectivity index (χ0v) is 17.7. The molecular formula is C24H21ClN4O2. The minimum Gasteiger partial charge on any atom is -0.349 e. The zero-order valence-electron chi connectivity index (χ0n) is 17.0. The maximum Gasteiger partial charge on any atom is 0.328 e. The number of nitrogens with zero attached hydrogens (tertiary/aromatic N) is 2. The van der Waals surface area contributed by atoms with Crippen LogP contribution in [0.4, 0.5) is 16.3 Å². The molecule has 2 aliphatic rings. The fourth-order valence-corrected chi connectivity index (χ4v) is 3.98. The Bertz CT molecular complexity index is 1210. The normalized spacial score (nSPS) is 15.3. The number of benzene rings is 2. The predicted octanol–water partition coefficient (Wildman–Crippen LogP) is 4.96. The highest BCUT2D eigenvalue weighted by Crippen LogP contribution is 2.36. The van der Waals surface area contributed by atoms with Gasteiger partial charge in [-0.2, -0.15) is 0 Å². The first-order chi connectivity index (χ1) is 15.0. The average Bonchev–Trinajstić information content (AvgIpc) is 3.58. The number of urea groups is 1. The Labute approximate surface area is 185 Å². The van der Waals surface area contributed by atoms with E-state index >= 15 is 0 Å². The molecule has 1 saturated carbocycles. The summed E-state index contributed by atoms with van der Waals surface area (Å²) >= 11 is 6.34. The van der Waals surface area contributed by atoms with E-state index in [0.717, 1.165) is 35.1 Å². The monoisotopic (exact) mass is 432 g/mol. The van der Waals surface area contributed by atoms with Crippen molar-refractivity contribution in [1.82, 2.24) is 15.6 Å². The first kappa shape index (κ1) is 19.6. The molecular weight excluding hydrogens is 412 g/mol. The Morgan fingerprint density at radius 3 is 2.77 bits per heavy atom. The quantitative estimate of drug-likeness (QED) is 0.611. The van der Waals surface area contributed by atoms with Gasteiger partial charge >= 0.3 is 6.03 Å². The number of halogens is 1. The summed E-state index contributed by atoms with van der Waals surface area (Å²) in [4.78, 5) is 31.2. The van der Waals surface area contributed by atoms with Gasteiger partial charge in [0.1, 0.15) is 5.82 Å². The molecule has 1 aliphatic heterocycles. The molecule has 31 heavy (non-hydrogen) atoms. The van der Waals surface area contributed by atoms with E-state index in [-0.39, 0.29) is 11.9 Å². The molecule has 7 heteroatoms.